The normalized spacial score (nSPS) is 10.4. The topological polar surface area (TPSA) is 51.2 Å². The molecular weight excluding hydrogens is 334 g/mol. The van der Waals surface area contributed by atoms with E-state index in [0.717, 1.165) is 17.8 Å². The van der Waals surface area contributed by atoms with Gasteiger partial charge in [-0.1, -0.05) is 18.2 Å². The van der Waals surface area contributed by atoms with Crippen molar-refractivity contribution < 1.29 is 18.3 Å². The monoisotopic (exact) mass is 346 g/mol. The quantitative estimate of drug-likeness (QED) is 0.690. The average molecular weight is 346 g/mol. The summed E-state index contributed by atoms with van der Waals surface area (Å²) < 4.78 is 31.4. The largest absolute Gasteiger partial charge is 0.455 e. The van der Waals surface area contributed by atoms with E-state index in [4.69, 9.17) is 4.74 Å². The molecular formula is C17H12F2N2O2S. The SMILES string of the molecule is O=C(OCc1csc(Nc2ccccc2)n1)c1ccc(F)cc1F. The molecule has 0 aliphatic carbocycles. The minimum atomic E-state index is -0.954. The van der Waals surface area contributed by atoms with Crippen LogP contribution in [0.25, 0.3) is 0 Å². The Morgan fingerprint density at radius 1 is 1.17 bits per heavy atom. The summed E-state index contributed by atoms with van der Waals surface area (Å²) >= 11 is 1.36. The lowest BCUT2D eigenvalue weighted by atomic mass is 10.2. The fraction of sp³-hybridized carbons (Fsp3) is 0.0588. The van der Waals surface area contributed by atoms with Gasteiger partial charge in [-0.15, -0.1) is 11.3 Å². The summed E-state index contributed by atoms with van der Waals surface area (Å²) in [4.78, 5) is 16.1. The highest BCUT2D eigenvalue weighted by Crippen LogP contribution is 2.21. The first-order valence-electron chi connectivity index (χ1n) is 7.00. The van der Waals surface area contributed by atoms with Gasteiger partial charge in [-0.25, -0.2) is 18.6 Å². The van der Waals surface area contributed by atoms with Gasteiger partial charge in [-0.2, -0.15) is 0 Å². The van der Waals surface area contributed by atoms with E-state index in [1.54, 1.807) is 5.38 Å². The molecule has 0 fully saturated rings. The number of esters is 1. The Balaban J connectivity index is 1.60. The molecule has 122 valence electrons. The van der Waals surface area contributed by atoms with E-state index in [1.807, 2.05) is 30.3 Å². The molecule has 1 heterocycles. The maximum Gasteiger partial charge on any atom is 0.341 e. The molecule has 7 heteroatoms. The van der Waals surface area contributed by atoms with Crippen LogP contribution in [0.3, 0.4) is 0 Å². The first-order chi connectivity index (χ1) is 11.6. The molecule has 1 N–H and O–H groups in total. The van der Waals surface area contributed by atoms with Crippen molar-refractivity contribution in [2.24, 2.45) is 0 Å². The molecule has 0 amide bonds. The van der Waals surface area contributed by atoms with Gasteiger partial charge >= 0.3 is 5.97 Å². The van der Waals surface area contributed by atoms with Crippen LogP contribution in [0.15, 0.2) is 53.9 Å². The zero-order valence-corrected chi connectivity index (χ0v) is 13.1. The minimum Gasteiger partial charge on any atom is -0.455 e. The van der Waals surface area contributed by atoms with Gasteiger partial charge in [0.1, 0.15) is 18.2 Å². The number of aromatic nitrogens is 1. The van der Waals surface area contributed by atoms with Gasteiger partial charge in [-0.3, -0.25) is 0 Å². The highest BCUT2D eigenvalue weighted by atomic mass is 32.1. The lowest BCUT2D eigenvalue weighted by Gasteiger charge is -2.04. The van der Waals surface area contributed by atoms with Crippen molar-refractivity contribution in [2.45, 2.75) is 6.61 Å². The highest BCUT2D eigenvalue weighted by Gasteiger charge is 2.14. The van der Waals surface area contributed by atoms with Gasteiger partial charge in [0.2, 0.25) is 0 Å². The third-order valence-electron chi connectivity index (χ3n) is 3.08. The van der Waals surface area contributed by atoms with E-state index in [2.05, 4.69) is 10.3 Å². The lowest BCUT2D eigenvalue weighted by molar-refractivity contribution is 0.0463. The highest BCUT2D eigenvalue weighted by molar-refractivity contribution is 7.13. The molecule has 0 atom stereocenters. The van der Waals surface area contributed by atoms with Crippen LogP contribution in [0, 0.1) is 11.6 Å². The standard InChI is InChI=1S/C17H12F2N2O2S/c18-11-6-7-14(15(19)8-11)16(22)23-9-13-10-24-17(21-13)20-12-4-2-1-3-5-12/h1-8,10H,9H2,(H,20,21). The van der Waals surface area contributed by atoms with E-state index in [9.17, 15) is 13.6 Å². The zero-order valence-electron chi connectivity index (χ0n) is 12.3. The molecule has 0 unspecified atom stereocenters. The number of hydrogen-bond donors (Lipinski definition) is 1. The number of anilines is 2. The Kier molecular flexibility index (Phi) is 4.81. The number of halogens is 2. The molecule has 0 saturated carbocycles. The maximum absolute atomic E-state index is 13.5. The molecule has 1 aromatic heterocycles. The number of rotatable bonds is 5. The molecule has 0 bridgehead atoms. The fourth-order valence-electron chi connectivity index (χ4n) is 1.95. The lowest BCUT2D eigenvalue weighted by Crippen LogP contribution is -2.08. The second-order valence-corrected chi connectivity index (χ2v) is 5.69. The van der Waals surface area contributed by atoms with Crippen LogP contribution in [-0.2, 0) is 11.3 Å². The minimum absolute atomic E-state index is 0.0946. The fourth-order valence-corrected chi connectivity index (χ4v) is 2.66. The van der Waals surface area contributed by atoms with E-state index < -0.39 is 17.6 Å². The van der Waals surface area contributed by atoms with Gasteiger partial charge in [0, 0.05) is 17.1 Å². The number of para-hydroxylation sites is 1. The van der Waals surface area contributed by atoms with Crippen molar-refractivity contribution in [3.63, 3.8) is 0 Å². The number of carbonyl (C=O) groups excluding carboxylic acids is 1. The number of benzene rings is 2. The zero-order chi connectivity index (χ0) is 16.9. The van der Waals surface area contributed by atoms with Crippen molar-refractivity contribution in [3.8, 4) is 0 Å². The van der Waals surface area contributed by atoms with Crippen LogP contribution in [0.2, 0.25) is 0 Å². The van der Waals surface area contributed by atoms with Gasteiger partial charge in [0.15, 0.2) is 5.13 Å². The summed E-state index contributed by atoms with van der Waals surface area (Å²) in [6.45, 7) is -0.0946. The van der Waals surface area contributed by atoms with Crippen LogP contribution in [-0.4, -0.2) is 11.0 Å². The van der Waals surface area contributed by atoms with E-state index in [-0.39, 0.29) is 12.2 Å². The molecule has 0 saturated heterocycles. The second-order valence-electron chi connectivity index (χ2n) is 4.84. The van der Waals surface area contributed by atoms with Crippen LogP contribution >= 0.6 is 11.3 Å². The van der Waals surface area contributed by atoms with Gasteiger partial charge in [0.05, 0.1) is 11.3 Å². The number of hydrogen-bond acceptors (Lipinski definition) is 5. The number of thiazole rings is 1. The van der Waals surface area contributed by atoms with Gasteiger partial charge in [0.25, 0.3) is 0 Å². The number of ether oxygens (including phenoxy) is 1. The van der Waals surface area contributed by atoms with Crippen molar-refractivity contribution >= 4 is 28.1 Å². The van der Waals surface area contributed by atoms with Crippen LogP contribution in [0.5, 0.6) is 0 Å². The molecule has 3 aromatic rings. The van der Waals surface area contributed by atoms with E-state index in [0.29, 0.717) is 16.9 Å². The molecule has 4 nitrogen and oxygen atoms in total. The summed E-state index contributed by atoms with van der Waals surface area (Å²) in [5.41, 5.74) is 1.12. The molecule has 0 spiro atoms. The van der Waals surface area contributed by atoms with Crippen molar-refractivity contribution in [1.82, 2.24) is 4.98 Å². The molecule has 0 aliphatic rings. The van der Waals surface area contributed by atoms with Crippen molar-refractivity contribution in [1.29, 1.82) is 0 Å². The van der Waals surface area contributed by atoms with Crippen LogP contribution < -0.4 is 5.32 Å². The number of nitrogens with one attached hydrogen (secondary N) is 1. The second kappa shape index (κ2) is 7.18. The Morgan fingerprint density at radius 3 is 2.71 bits per heavy atom. The first kappa shape index (κ1) is 16.1. The first-order valence-corrected chi connectivity index (χ1v) is 7.88. The average Bonchev–Trinajstić information content (AvgIpc) is 3.01. The third-order valence-corrected chi connectivity index (χ3v) is 3.89. The van der Waals surface area contributed by atoms with Crippen molar-refractivity contribution in [2.75, 3.05) is 5.32 Å². The van der Waals surface area contributed by atoms with Crippen LogP contribution in [0.4, 0.5) is 19.6 Å². The molecule has 0 aliphatic heterocycles. The predicted molar refractivity (Wildman–Crippen MR) is 87.3 cm³/mol. The van der Waals surface area contributed by atoms with Gasteiger partial charge < -0.3 is 10.1 Å². The summed E-state index contributed by atoms with van der Waals surface area (Å²) in [7, 11) is 0. The van der Waals surface area contributed by atoms with E-state index >= 15 is 0 Å². The smallest absolute Gasteiger partial charge is 0.341 e. The van der Waals surface area contributed by atoms with Crippen LogP contribution in [0.1, 0.15) is 16.1 Å². The maximum atomic E-state index is 13.5. The van der Waals surface area contributed by atoms with Gasteiger partial charge in [-0.05, 0) is 24.3 Å². The predicted octanol–water partition coefficient (Wildman–Crippen LogP) is 4.52. The Morgan fingerprint density at radius 2 is 1.96 bits per heavy atom. The number of carbonyl (C=O) groups is 1. The van der Waals surface area contributed by atoms with Crippen molar-refractivity contribution in [3.05, 3.63) is 76.8 Å². The molecule has 24 heavy (non-hydrogen) atoms. The molecule has 0 radical (unpaired) electrons. The Hall–Kier alpha value is -2.80. The third kappa shape index (κ3) is 3.94. The Labute approximate surface area is 140 Å². The summed E-state index contributed by atoms with van der Waals surface area (Å²) in [6, 6.07) is 12.2. The molecule has 2 aromatic carbocycles. The summed E-state index contributed by atoms with van der Waals surface area (Å²) in [5, 5.41) is 5.51. The summed E-state index contributed by atoms with van der Waals surface area (Å²) in [5.74, 6) is -2.57. The number of nitrogens with zero attached hydrogens (tertiary/aromatic N) is 1. The van der Waals surface area contributed by atoms with E-state index in [1.165, 1.54) is 11.3 Å². The molecule has 3 rings (SSSR count). The Bertz CT molecular complexity index is 853. The summed E-state index contributed by atoms with van der Waals surface area (Å²) in [6.07, 6.45) is 0.